The summed E-state index contributed by atoms with van der Waals surface area (Å²) in [5.74, 6) is 0.281. The lowest BCUT2D eigenvalue weighted by Crippen LogP contribution is -2.38. The minimum Gasteiger partial charge on any atom is -0.479 e. The second-order valence-electron chi connectivity index (χ2n) is 4.44. The van der Waals surface area contributed by atoms with E-state index in [1.165, 1.54) is 24.5 Å². The van der Waals surface area contributed by atoms with Crippen LogP contribution < -0.4 is 9.57 Å². The van der Waals surface area contributed by atoms with E-state index in [2.05, 4.69) is 15.0 Å². The van der Waals surface area contributed by atoms with Crippen molar-refractivity contribution in [1.29, 1.82) is 0 Å². The first-order chi connectivity index (χ1) is 10.2. The average molecular weight is 298 g/mol. The molecule has 0 aliphatic carbocycles. The molecule has 114 valence electrons. The summed E-state index contributed by atoms with van der Waals surface area (Å²) in [4.78, 5) is 17.4. The SMILES string of the molecule is COc1ncnc2c1ncn2O[C@@H]1O[C@H](CO)[C@@H](O)[C@@H]1O. The van der Waals surface area contributed by atoms with Crippen molar-refractivity contribution in [1.82, 2.24) is 19.7 Å². The first kappa shape index (κ1) is 13.9. The second kappa shape index (κ2) is 5.41. The predicted octanol–water partition coefficient (Wildman–Crippen LogP) is -2.30. The molecule has 1 fully saturated rings. The van der Waals surface area contributed by atoms with Crippen LogP contribution in [0.25, 0.3) is 11.2 Å². The number of fused-ring (bicyclic) bond motifs is 1. The van der Waals surface area contributed by atoms with Crippen LogP contribution in [0.15, 0.2) is 12.7 Å². The van der Waals surface area contributed by atoms with Crippen molar-refractivity contribution in [2.45, 2.75) is 24.6 Å². The van der Waals surface area contributed by atoms with Crippen LogP contribution in [0.1, 0.15) is 0 Å². The Labute approximate surface area is 118 Å². The van der Waals surface area contributed by atoms with E-state index < -0.39 is 31.2 Å². The van der Waals surface area contributed by atoms with Crippen LogP contribution in [0.5, 0.6) is 5.88 Å². The van der Waals surface area contributed by atoms with Crippen molar-refractivity contribution in [3.63, 3.8) is 0 Å². The minimum absolute atomic E-state index is 0.281. The maximum Gasteiger partial charge on any atom is 0.254 e. The summed E-state index contributed by atoms with van der Waals surface area (Å²) >= 11 is 0. The summed E-state index contributed by atoms with van der Waals surface area (Å²) < 4.78 is 11.4. The molecule has 1 saturated heterocycles. The van der Waals surface area contributed by atoms with Gasteiger partial charge in [0, 0.05) is 0 Å². The van der Waals surface area contributed by atoms with Gasteiger partial charge in [-0.15, -0.1) is 4.73 Å². The van der Waals surface area contributed by atoms with Crippen LogP contribution in [-0.2, 0) is 4.74 Å². The summed E-state index contributed by atoms with van der Waals surface area (Å²) in [6.07, 6.45) is -2.02. The molecule has 1 aliphatic rings. The zero-order valence-electron chi connectivity index (χ0n) is 11.0. The summed E-state index contributed by atoms with van der Waals surface area (Å²) in [6.45, 7) is -0.432. The molecule has 0 spiro atoms. The van der Waals surface area contributed by atoms with E-state index in [0.29, 0.717) is 11.2 Å². The molecule has 0 amide bonds. The van der Waals surface area contributed by atoms with Crippen LogP contribution in [-0.4, -0.2) is 73.3 Å². The number of methoxy groups -OCH3 is 1. The summed E-state index contributed by atoms with van der Waals surface area (Å²) in [7, 11) is 1.45. The highest BCUT2D eigenvalue weighted by atomic mass is 16.8. The summed E-state index contributed by atoms with van der Waals surface area (Å²) in [5.41, 5.74) is 0.700. The monoisotopic (exact) mass is 298 g/mol. The van der Waals surface area contributed by atoms with E-state index >= 15 is 0 Å². The maximum absolute atomic E-state index is 9.83. The predicted molar refractivity (Wildman–Crippen MR) is 66.2 cm³/mol. The molecule has 0 bridgehead atoms. The fourth-order valence-corrected chi connectivity index (χ4v) is 2.08. The first-order valence-corrected chi connectivity index (χ1v) is 6.17. The lowest BCUT2D eigenvalue weighted by atomic mass is 10.1. The zero-order valence-corrected chi connectivity index (χ0v) is 11.0. The molecule has 21 heavy (non-hydrogen) atoms. The topological polar surface area (TPSA) is 132 Å². The third-order valence-electron chi connectivity index (χ3n) is 3.18. The zero-order chi connectivity index (χ0) is 15.0. The minimum atomic E-state index is -1.30. The molecule has 2 aromatic rings. The van der Waals surface area contributed by atoms with Crippen LogP contribution in [0.4, 0.5) is 0 Å². The standard InChI is InChI=1S/C11H14N4O6/c1-19-10-6-9(12-3-13-10)15(4-14-6)21-11-8(18)7(17)5(2-16)20-11/h3-5,7-8,11,16-18H,2H2,1H3/t5-,7-,8+,11+/m1/s1. The molecule has 3 heterocycles. The Bertz CT molecular complexity index is 634. The van der Waals surface area contributed by atoms with Gasteiger partial charge in [0.1, 0.15) is 31.0 Å². The van der Waals surface area contributed by atoms with E-state index in [4.69, 9.17) is 19.4 Å². The van der Waals surface area contributed by atoms with Gasteiger partial charge in [-0.1, -0.05) is 0 Å². The molecule has 2 aromatic heterocycles. The molecule has 0 unspecified atom stereocenters. The van der Waals surface area contributed by atoms with Gasteiger partial charge >= 0.3 is 0 Å². The normalized spacial score (nSPS) is 29.0. The number of aromatic nitrogens is 4. The van der Waals surface area contributed by atoms with E-state index in [1.54, 1.807) is 0 Å². The second-order valence-corrected chi connectivity index (χ2v) is 4.44. The number of rotatable bonds is 4. The maximum atomic E-state index is 9.83. The lowest BCUT2D eigenvalue weighted by molar-refractivity contribution is -0.169. The van der Waals surface area contributed by atoms with Crippen molar-refractivity contribution >= 4 is 11.2 Å². The molecule has 1 aliphatic heterocycles. The van der Waals surface area contributed by atoms with Gasteiger partial charge in [0.05, 0.1) is 13.7 Å². The van der Waals surface area contributed by atoms with Crippen molar-refractivity contribution in [2.75, 3.05) is 13.7 Å². The van der Waals surface area contributed by atoms with Gasteiger partial charge in [-0.2, -0.15) is 4.98 Å². The fraction of sp³-hybridized carbons (Fsp3) is 0.545. The number of nitrogens with zero attached hydrogens (tertiary/aromatic N) is 4. The molecule has 10 nitrogen and oxygen atoms in total. The van der Waals surface area contributed by atoms with Gasteiger partial charge in [-0.3, -0.25) is 0 Å². The number of hydrogen-bond acceptors (Lipinski definition) is 9. The highest BCUT2D eigenvalue weighted by molar-refractivity contribution is 5.75. The Morgan fingerprint density at radius 3 is 2.76 bits per heavy atom. The molecule has 0 radical (unpaired) electrons. The Balaban J connectivity index is 1.86. The Hall–Kier alpha value is -2.01. The lowest BCUT2D eigenvalue weighted by Gasteiger charge is -2.16. The van der Waals surface area contributed by atoms with Crippen molar-refractivity contribution < 1.29 is 29.6 Å². The highest BCUT2D eigenvalue weighted by Crippen LogP contribution is 2.22. The van der Waals surface area contributed by atoms with E-state index in [1.807, 2.05) is 0 Å². The molecule has 4 atom stereocenters. The number of aliphatic hydroxyl groups is 3. The summed E-state index contributed by atoms with van der Waals surface area (Å²) in [5, 5.41) is 28.5. The summed E-state index contributed by atoms with van der Waals surface area (Å²) in [6, 6.07) is 0. The average Bonchev–Trinajstić information content (AvgIpc) is 3.03. The van der Waals surface area contributed by atoms with Crippen LogP contribution >= 0.6 is 0 Å². The third-order valence-corrected chi connectivity index (χ3v) is 3.18. The number of ether oxygens (including phenoxy) is 2. The smallest absolute Gasteiger partial charge is 0.254 e. The largest absolute Gasteiger partial charge is 0.479 e. The molecular formula is C11H14N4O6. The van der Waals surface area contributed by atoms with Gasteiger partial charge in [0.2, 0.25) is 11.5 Å². The van der Waals surface area contributed by atoms with Crippen LogP contribution in [0.3, 0.4) is 0 Å². The van der Waals surface area contributed by atoms with E-state index in [0.717, 1.165) is 0 Å². The molecule has 10 heteroatoms. The Kier molecular flexibility index (Phi) is 3.59. The van der Waals surface area contributed by atoms with E-state index in [9.17, 15) is 10.2 Å². The number of aliphatic hydroxyl groups excluding tert-OH is 3. The van der Waals surface area contributed by atoms with Crippen LogP contribution in [0, 0.1) is 0 Å². The van der Waals surface area contributed by atoms with Gasteiger partial charge in [0.25, 0.3) is 6.29 Å². The molecule has 3 N–H and O–H groups in total. The Morgan fingerprint density at radius 1 is 1.29 bits per heavy atom. The van der Waals surface area contributed by atoms with Crippen molar-refractivity contribution in [3.8, 4) is 5.88 Å². The van der Waals surface area contributed by atoms with Gasteiger partial charge in [-0.25, -0.2) is 9.97 Å². The molecule has 0 saturated carbocycles. The van der Waals surface area contributed by atoms with Crippen molar-refractivity contribution in [3.05, 3.63) is 12.7 Å². The van der Waals surface area contributed by atoms with E-state index in [-0.39, 0.29) is 5.88 Å². The Morgan fingerprint density at radius 2 is 2.10 bits per heavy atom. The fourth-order valence-electron chi connectivity index (χ4n) is 2.08. The molecule has 0 aromatic carbocycles. The van der Waals surface area contributed by atoms with Crippen LogP contribution in [0.2, 0.25) is 0 Å². The first-order valence-electron chi connectivity index (χ1n) is 6.17. The third kappa shape index (κ3) is 2.27. The number of imidazole rings is 1. The van der Waals surface area contributed by atoms with Gasteiger partial charge in [0.15, 0.2) is 5.52 Å². The van der Waals surface area contributed by atoms with Gasteiger partial charge in [-0.05, 0) is 0 Å². The van der Waals surface area contributed by atoms with Gasteiger partial charge < -0.3 is 29.6 Å². The number of hydrogen-bond donors (Lipinski definition) is 3. The quantitative estimate of drug-likeness (QED) is 0.570. The highest BCUT2D eigenvalue weighted by Gasteiger charge is 2.44. The molecular weight excluding hydrogens is 284 g/mol. The van der Waals surface area contributed by atoms with Crippen molar-refractivity contribution in [2.24, 2.45) is 0 Å². The molecule has 3 rings (SSSR count).